The van der Waals surface area contributed by atoms with E-state index in [1.807, 2.05) is 60.7 Å². The first-order valence-corrected chi connectivity index (χ1v) is 10.8. The van der Waals surface area contributed by atoms with E-state index in [0.717, 1.165) is 30.4 Å². The quantitative estimate of drug-likeness (QED) is 0.543. The van der Waals surface area contributed by atoms with Gasteiger partial charge in [-0.15, -0.1) is 0 Å². The number of hydrogen-bond acceptors (Lipinski definition) is 5. The van der Waals surface area contributed by atoms with Crippen molar-refractivity contribution in [2.24, 2.45) is 5.73 Å². The van der Waals surface area contributed by atoms with E-state index in [0.29, 0.717) is 6.54 Å². The number of nitrogens with zero attached hydrogens (tertiary/aromatic N) is 1. The minimum absolute atomic E-state index is 0.196. The van der Waals surface area contributed by atoms with Crippen molar-refractivity contribution in [3.63, 3.8) is 0 Å². The summed E-state index contributed by atoms with van der Waals surface area (Å²) < 4.78 is 5.22. The van der Waals surface area contributed by atoms with Crippen molar-refractivity contribution in [1.29, 1.82) is 0 Å². The molecule has 1 heterocycles. The Bertz CT molecular complexity index is 846. The van der Waals surface area contributed by atoms with Crippen LogP contribution in [0.3, 0.4) is 0 Å². The molecule has 1 saturated heterocycles. The number of primary amides is 1. The molecule has 1 fully saturated rings. The predicted octanol–water partition coefficient (Wildman–Crippen LogP) is 2.57. The van der Waals surface area contributed by atoms with Crippen molar-refractivity contribution < 1.29 is 19.4 Å². The number of nitrogens with one attached hydrogen (secondary N) is 1. The number of aliphatic hydroxyl groups is 1. The van der Waals surface area contributed by atoms with Crippen molar-refractivity contribution in [1.82, 2.24) is 10.2 Å². The van der Waals surface area contributed by atoms with Gasteiger partial charge in [0, 0.05) is 13.0 Å². The first-order valence-electron chi connectivity index (χ1n) is 10.8. The molecule has 1 unspecified atom stereocenters. The molecule has 2 aromatic rings. The fraction of sp³-hybridized carbons (Fsp3) is 0.417. The lowest BCUT2D eigenvalue weighted by Crippen LogP contribution is -2.50. The van der Waals surface area contributed by atoms with Crippen molar-refractivity contribution in [2.45, 2.75) is 63.6 Å². The zero-order valence-corrected chi connectivity index (χ0v) is 17.8. The van der Waals surface area contributed by atoms with E-state index < -0.39 is 24.3 Å². The van der Waals surface area contributed by atoms with E-state index in [-0.39, 0.29) is 18.5 Å². The maximum Gasteiger partial charge on any atom is 0.404 e. The maximum atomic E-state index is 13.3. The van der Waals surface area contributed by atoms with Gasteiger partial charge in [-0.3, -0.25) is 10.1 Å². The van der Waals surface area contributed by atoms with Gasteiger partial charge in [-0.1, -0.05) is 80.4 Å². The highest BCUT2D eigenvalue weighted by Crippen LogP contribution is 2.23. The van der Waals surface area contributed by atoms with Crippen LogP contribution in [0.5, 0.6) is 0 Å². The van der Waals surface area contributed by atoms with Crippen molar-refractivity contribution in [3.05, 3.63) is 71.8 Å². The molecule has 0 radical (unpaired) electrons. The molecular formula is C24H31N3O4. The Morgan fingerprint density at radius 2 is 1.74 bits per heavy atom. The number of carbonyl (C=O) groups excluding carboxylic acids is 2. The lowest BCUT2D eigenvalue weighted by molar-refractivity contribution is -0.134. The van der Waals surface area contributed by atoms with E-state index in [2.05, 4.69) is 12.2 Å². The molecule has 1 aliphatic heterocycles. The Morgan fingerprint density at radius 1 is 1.13 bits per heavy atom. The minimum atomic E-state index is -1.23. The van der Waals surface area contributed by atoms with Gasteiger partial charge >= 0.3 is 6.09 Å². The Labute approximate surface area is 183 Å². The summed E-state index contributed by atoms with van der Waals surface area (Å²) >= 11 is 0. The average molecular weight is 426 g/mol. The summed E-state index contributed by atoms with van der Waals surface area (Å²) in [5.74, 6) is -0.205. The Hall–Kier alpha value is -2.90. The standard InChI is InChI=1S/C24H31N3O4/c1-2-3-14-20-26-21(23(29)27(20)16-18-12-8-5-9-13-18)22(28)19(31-24(25)30)15-17-10-6-4-7-11-17/h4-13,19-22,26,28H,2-3,14-16H2,1H3,(H2,25,30)/t19-,20?,21-,22-/m0/s1. The van der Waals surface area contributed by atoms with Gasteiger partial charge in [0.15, 0.2) is 0 Å². The van der Waals surface area contributed by atoms with Crippen LogP contribution in [0.25, 0.3) is 0 Å². The molecule has 3 rings (SSSR count). The average Bonchev–Trinajstić information content (AvgIpc) is 3.07. The number of benzene rings is 2. The van der Waals surface area contributed by atoms with Gasteiger partial charge in [-0.05, 0) is 17.5 Å². The van der Waals surface area contributed by atoms with Gasteiger partial charge in [-0.2, -0.15) is 0 Å². The van der Waals surface area contributed by atoms with Crippen molar-refractivity contribution in [3.8, 4) is 0 Å². The predicted molar refractivity (Wildman–Crippen MR) is 118 cm³/mol. The number of carbonyl (C=O) groups is 2. The smallest absolute Gasteiger partial charge is 0.404 e. The molecule has 166 valence electrons. The third-order valence-corrected chi connectivity index (χ3v) is 5.59. The van der Waals surface area contributed by atoms with Crippen LogP contribution in [-0.4, -0.2) is 46.4 Å². The summed E-state index contributed by atoms with van der Waals surface area (Å²) in [6.45, 7) is 2.55. The fourth-order valence-corrected chi connectivity index (χ4v) is 3.99. The zero-order chi connectivity index (χ0) is 22.2. The number of nitrogens with two attached hydrogens (primary N) is 1. The van der Waals surface area contributed by atoms with Crippen molar-refractivity contribution >= 4 is 12.0 Å². The molecule has 0 saturated carbocycles. The van der Waals surface area contributed by atoms with Crippen LogP contribution in [0.1, 0.15) is 37.3 Å². The van der Waals surface area contributed by atoms with Gasteiger partial charge in [0.05, 0.1) is 6.17 Å². The Kier molecular flexibility index (Phi) is 8.03. The third kappa shape index (κ3) is 6.06. The summed E-state index contributed by atoms with van der Waals surface area (Å²) in [6.07, 6.45) is -0.361. The topological polar surface area (TPSA) is 105 Å². The second-order valence-corrected chi connectivity index (χ2v) is 7.91. The normalized spacial score (nSPS) is 20.5. The first kappa shape index (κ1) is 22.8. The second-order valence-electron chi connectivity index (χ2n) is 7.91. The monoisotopic (exact) mass is 425 g/mol. The molecule has 0 aliphatic carbocycles. The molecule has 4 atom stereocenters. The van der Waals surface area contributed by atoms with Crippen LogP contribution in [-0.2, 0) is 22.5 Å². The van der Waals surface area contributed by atoms with Crippen LogP contribution in [0.15, 0.2) is 60.7 Å². The number of amides is 2. The summed E-state index contributed by atoms with van der Waals surface area (Å²) in [4.78, 5) is 26.6. The highest BCUT2D eigenvalue weighted by Gasteiger charge is 2.45. The SMILES string of the molecule is CCCCC1N[C@@H]([C@@H](O)[C@H](Cc2ccccc2)OC(N)=O)C(=O)N1Cc1ccccc1. The summed E-state index contributed by atoms with van der Waals surface area (Å²) in [7, 11) is 0. The largest absolute Gasteiger partial charge is 0.443 e. The van der Waals surface area contributed by atoms with Crippen LogP contribution in [0.2, 0.25) is 0 Å². The molecular weight excluding hydrogens is 394 g/mol. The second kappa shape index (κ2) is 10.9. The Morgan fingerprint density at radius 3 is 2.32 bits per heavy atom. The van der Waals surface area contributed by atoms with Gasteiger partial charge in [-0.25, -0.2) is 4.79 Å². The molecule has 0 spiro atoms. The van der Waals surface area contributed by atoms with E-state index in [1.165, 1.54) is 0 Å². The number of unbranched alkanes of at least 4 members (excludes halogenated alkanes) is 1. The minimum Gasteiger partial charge on any atom is -0.443 e. The Balaban J connectivity index is 1.79. The van der Waals surface area contributed by atoms with Gasteiger partial charge < -0.3 is 20.5 Å². The first-order chi connectivity index (χ1) is 15.0. The molecule has 4 N–H and O–H groups in total. The number of aliphatic hydroxyl groups excluding tert-OH is 1. The molecule has 7 heteroatoms. The van der Waals surface area contributed by atoms with Crippen molar-refractivity contribution in [2.75, 3.05) is 0 Å². The van der Waals surface area contributed by atoms with Crippen LogP contribution < -0.4 is 11.1 Å². The van der Waals surface area contributed by atoms with Crippen LogP contribution in [0.4, 0.5) is 4.79 Å². The highest BCUT2D eigenvalue weighted by atomic mass is 16.6. The third-order valence-electron chi connectivity index (χ3n) is 5.59. The number of rotatable bonds is 10. The molecule has 1 aliphatic rings. The van der Waals surface area contributed by atoms with Gasteiger partial charge in [0.1, 0.15) is 18.2 Å². The molecule has 31 heavy (non-hydrogen) atoms. The molecule has 2 amide bonds. The lowest BCUT2D eigenvalue weighted by atomic mass is 9.98. The fourth-order valence-electron chi connectivity index (χ4n) is 3.99. The highest BCUT2D eigenvalue weighted by molar-refractivity contribution is 5.85. The lowest BCUT2D eigenvalue weighted by Gasteiger charge is -2.26. The molecule has 0 aromatic heterocycles. The summed E-state index contributed by atoms with van der Waals surface area (Å²) in [5, 5.41) is 14.4. The van der Waals surface area contributed by atoms with E-state index in [1.54, 1.807) is 4.90 Å². The zero-order valence-electron chi connectivity index (χ0n) is 17.8. The molecule has 2 aromatic carbocycles. The van der Waals surface area contributed by atoms with Gasteiger partial charge in [0.25, 0.3) is 0 Å². The number of ether oxygens (including phenoxy) is 1. The van der Waals surface area contributed by atoms with E-state index in [9.17, 15) is 14.7 Å². The van der Waals surface area contributed by atoms with Crippen LogP contribution >= 0.6 is 0 Å². The summed E-state index contributed by atoms with van der Waals surface area (Å²) in [5.41, 5.74) is 7.15. The molecule has 0 bridgehead atoms. The number of hydrogen-bond donors (Lipinski definition) is 3. The maximum absolute atomic E-state index is 13.3. The van der Waals surface area contributed by atoms with Crippen LogP contribution in [0, 0.1) is 0 Å². The summed E-state index contributed by atoms with van der Waals surface area (Å²) in [6, 6.07) is 18.2. The molecule has 7 nitrogen and oxygen atoms in total. The van der Waals surface area contributed by atoms with Gasteiger partial charge in [0.2, 0.25) is 5.91 Å². The van der Waals surface area contributed by atoms with E-state index in [4.69, 9.17) is 10.5 Å². The van der Waals surface area contributed by atoms with E-state index >= 15 is 0 Å².